The van der Waals surface area contributed by atoms with E-state index in [4.69, 9.17) is 9.84 Å². The average Bonchev–Trinajstić information content (AvgIpc) is 2.26. The molecule has 104 valence electrons. The molecule has 0 aliphatic carbocycles. The van der Waals surface area contributed by atoms with Crippen LogP contribution in [-0.2, 0) is 9.53 Å². The highest BCUT2D eigenvalue weighted by atomic mass is 16.6. The summed E-state index contributed by atoms with van der Waals surface area (Å²) in [7, 11) is 0. The Morgan fingerprint density at radius 2 is 1.95 bits per heavy atom. The number of nitrogens with one attached hydrogen (secondary N) is 1. The molecule has 2 N–H and O–H groups in total. The van der Waals surface area contributed by atoms with E-state index in [9.17, 15) is 9.59 Å². The predicted octanol–water partition coefficient (Wildman–Crippen LogP) is 2.12. The lowest BCUT2D eigenvalue weighted by Gasteiger charge is -2.23. The molecular weight excluding hydrogens is 248 g/mol. The third-order valence-electron chi connectivity index (χ3n) is 2.18. The molecule has 19 heavy (non-hydrogen) atoms. The second-order valence-corrected chi connectivity index (χ2v) is 5.08. The first kappa shape index (κ1) is 14.9. The lowest BCUT2D eigenvalue weighted by Crippen LogP contribution is -2.35. The molecule has 1 aromatic heterocycles. The molecule has 0 bridgehead atoms. The van der Waals surface area contributed by atoms with Crippen molar-refractivity contribution < 1.29 is 19.4 Å². The van der Waals surface area contributed by atoms with Gasteiger partial charge in [-0.3, -0.25) is 9.78 Å². The summed E-state index contributed by atoms with van der Waals surface area (Å²) in [5, 5.41) is 11.4. The number of ether oxygens (including phenoxy) is 1. The van der Waals surface area contributed by atoms with Gasteiger partial charge in [0.1, 0.15) is 5.60 Å². The van der Waals surface area contributed by atoms with Gasteiger partial charge < -0.3 is 15.2 Å². The second-order valence-electron chi connectivity index (χ2n) is 5.08. The first-order chi connectivity index (χ1) is 8.78. The van der Waals surface area contributed by atoms with Gasteiger partial charge in [0.2, 0.25) is 0 Å². The maximum Gasteiger partial charge on any atom is 0.408 e. The molecule has 0 saturated heterocycles. The summed E-state index contributed by atoms with van der Waals surface area (Å²) < 4.78 is 5.11. The number of carbonyl (C=O) groups is 2. The molecule has 1 rings (SSSR count). The Morgan fingerprint density at radius 3 is 2.42 bits per heavy atom. The van der Waals surface area contributed by atoms with Gasteiger partial charge in [-0.05, 0) is 38.5 Å². The lowest BCUT2D eigenvalue weighted by atomic mass is 10.1. The van der Waals surface area contributed by atoms with Crippen LogP contribution in [0.4, 0.5) is 4.79 Å². The van der Waals surface area contributed by atoms with Crippen molar-refractivity contribution in [3.8, 4) is 0 Å². The minimum atomic E-state index is -1.00. The number of hydrogen-bond acceptors (Lipinski definition) is 4. The number of carbonyl (C=O) groups excluding carboxylic acids is 1. The largest absolute Gasteiger partial charge is 0.481 e. The Labute approximate surface area is 111 Å². The molecule has 0 aromatic carbocycles. The number of aromatic nitrogens is 1. The third kappa shape index (κ3) is 5.85. The van der Waals surface area contributed by atoms with Gasteiger partial charge in [-0.1, -0.05) is 0 Å². The van der Waals surface area contributed by atoms with Crippen molar-refractivity contribution >= 4 is 12.1 Å². The van der Waals surface area contributed by atoms with Crippen molar-refractivity contribution in [3.63, 3.8) is 0 Å². The van der Waals surface area contributed by atoms with Crippen molar-refractivity contribution in [2.24, 2.45) is 0 Å². The van der Waals surface area contributed by atoms with Gasteiger partial charge >= 0.3 is 12.1 Å². The minimum absolute atomic E-state index is 0.219. The Kier molecular flexibility index (Phi) is 4.86. The molecule has 1 heterocycles. The van der Waals surface area contributed by atoms with E-state index in [-0.39, 0.29) is 6.42 Å². The van der Waals surface area contributed by atoms with Crippen LogP contribution in [0.25, 0.3) is 0 Å². The number of nitrogens with zero attached hydrogens (tertiary/aromatic N) is 1. The molecule has 1 amide bonds. The summed E-state index contributed by atoms with van der Waals surface area (Å²) in [6.45, 7) is 5.22. The predicted molar refractivity (Wildman–Crippen MR) is 68.6 cm³/mol. The number of carboxylic acid groups (broad SMARTS) is 1. The number of hydrogen-bond donors (Lipinski definition) is 2. The normalized spacial score (nSPS) is 12.6. The second kappa shape index (κ2) is 6.17. The van der Waals surface area contributed by atoms with Gasteiger partial charge in [-0.15, -0.1) is 0 Å². The fourth-order valence-electron chi connectivity index (χ4n) is 1.47. The standard InChI is InChI=1S/C13H18N2O4/c1-13(2,3)19-12(18)15-10(8-11(16)17)9-4-6-14-7-5-9/h4-7,10H,8H2,1-3H3,(H,15,18)(H,16,17)/t10-/m0/s1. The maximum atomic E-state index is 11.7. The number of aliphatic carboxylic acids is 1. The quantitative estimate of drug-likeness (QED) is 0.871. The molecule has 0 radical (unpaired) electrons. The van der Waals surface area contributed by atoms with Crippen LogP contribution < -0.4 is 5.32 Å². The number of carboxylic acids is 1. The fourth-order valence-corrected chi connectivity index (χ4v) is 1.47. The highest BCUT2D eigenvalue weighted by Gasteiger charge is 2.22. The van der Waals surface area contributed by atoms with E-state index >= 15 is 0 Å². The van der Waals surface area contributed by atoms with Crippen molar-refractivity contribution in [1.29, 1.82) is 0 Å². The van der Waals surface area contributed by atoms with Gasteiger partial charge in [0, 0.05) is 12.4 Å². The summed E-state index contributed by atoms with van der Waals surface area (Å²) in [5.74, 6) is -1.00. The first-order valence-electron chi connectivity index (χ1n) is 5.89. The van der Waals surface area contributed by atoms with Crippen LogP contribution >= 0.6 is 0 Å². The Morgan fingerprint density at radius 1 is 1.37 bits per heavy atom. The number of pyridine rings is 1. The molecule has 6 heteroatoms. The summed E-state index contributed by atoms with van der Waals surface area (Å²) in [6.07, 6.45) is 2.22. The fraction of sp³-hybridized carbons (Fsp3) is 0.462. The molecule has 6 nitrogen and oxygen atoms in total. The Hall–Kier alpha value is -2.11. The SMILES string of the molecule is CC(C)(C)OC(=O)N[C@@H](CC(=O)O)c1ccncc1. The van der Waals surface area contributed by atoms with Gasteiger partial charge in [0.05, 0.1) is 12.5 Å². The number of amides is 1. The van der Waals surface area contributed by atoms with Crippen LogP contribution in [-0.4, -0.2) is 27.8 Å². The Balaban J connectivity index is 2.76. The summed E-state index contributed by atoms with van der Waals surface area (Å²) in [4.78, 5) is 26.4. The monoisotopic (exact) mass is 266 g/mol. The van der Waals surface area contributed by atoms with E-state index in [1.807, 2.05) is 0 Å². The van der Waals surface area contributed by atoms with Crippen LogP contribution in [0.15, 0.2) is 24.5 Å². The average molecular weight is 266 g/mol. The molecule has 0 spiro atoms. The van der Waals surface area contributed by atoms with Crippen LogP contribution in [0.1, 0.15) is 38.8 Å². The lowest BCUT2D eigenvalue weighted by molar-refractivity contribution is -0.137. The van der Waals surface area contributed by atoms with Gasteiger partial charge in [0.25, 0.3) is 0 Å². The molecule has 1 atom stereocenters. The zero-order chi connectivity index (χ0) is 14.5. The first-order valence-corrected chi connectivity index (χ1v) is 5.89. The molecule has 0 saturated carbocycles. The van der Waals surface area contributed by atoms with E-state index in [1.165, 1.54) is 0 Å². The zero-order valence-corrected chi connectivity index (χ0v) is 11.2. The highest BCUT2D eigenvalue weighted by Crippen LogP contribution is 2.17. The van der Waals surface area contributed by atoms with E-state index in [2.05, 4.69) is 10.3 Å². The Bertz CT molecular complexity index is 440. The molecule has 1 aromatic rings. The van der Waals surface area contributed by atoms with Crippen LogP contribution in [0.5, 0.6) is 0 Å². The maximum absolute atomic E-state index is 11.7. The summed E-state index contributed by atoms with van der Waals surface area (Å²) in [5.41, 5.74) is 0.0408. The van der Waals surface area contributed by atoms with Crippen molar-refractivity contribution in [1.82, 2.24) is 10.3 Å². The van der Waals surface area contributed by atoms with Crippen LogP contribution in [0.2, 0.25) is 0 Å². The van der Waals surface area contributed by atoms with E-state index < -0.39 is 23.7 Å². The topological polar surface area (TPSA) is 88.5 Å². The van der Waals surface area contributed by atoms with Crippen molar-refractivity contribution in [3.05, 3.63) is 30.1 Å². The van der Waals surface area contributed by atoms with Gasteiger partial charge in [0.15, 0.2) is 0 Å². The minimum Gasteiger partial charge on any atom is -0.481 e. The highest BCUT2D eigenvalue weighted by molar-refractivity contribution is 5.72. The smallest absolute Gasteiger partial charge is 0.408 e. The molecule has 0 aliphatic heterocycles. The number of alkyl carbamates (subject to hydrolysis) is 1. The van der Waals surface area contributed by atoms with E-state index in [1.54, 1.807) is 45.3 Å². The number of rotatable bonds is 4. The molecular formula is C13H18N2O4. The molecule has 0 unspecified atom stereocenters. The summed E-state index contributed by atoms with van der Waals surface area (Å²) in [6, 6.07) is 2.67. The van der Waals surface area contributed by atoms with Crippen molar-refractivity contribution in [2.45, 2.75) is 38.8 Å². The summed E-state index contributed by atoms with van der Waals surface area (Å²) >= 11 is 0. The molecule has 0 aliphatic rings. The zero-order valence-electron chi connectivity index (χ0n) is 11.2. The van der Waals surface area contributed by atoms with E-state index in [0.29, 0.717) is 5.56 Å². The molecule has 0 fully saturated rings. The third-order valence-corrected chi connectivity index (χ3v) is 2.18. The van der Waals surface area contributed by atoms with E-state index in [0.717, 1.165) is 0 Å². The van der Waals surface area contributed by atoms with Gasteiger partial charge in [-0.2, -0.15) is 0 Å². The van der Waals surface area contributed by atoms with Crippen molar-refractivity contribution in [2.75, 3.05) is 0 Å². The van der Waals surface area contributed by atoms with Crippen LogP contribution in [0.3, 0.4) is 0 Å². The van der Waals surface area contributed by atoms with Crippen LogP contribution in [0, 0.1) is 0 Å². The van der Waals surface area contributed by atoms with Gasteiger partial charge in [-0.25, -0.2) is 4.79 Å².